The Morgan fingerprint density at radius 3 is 2.68 bits per heavy atom. The van der Waals surface area contributed by atoms with E-state index in [1.165, 1.54) is 17.9 Å². The number of carbonyl (C=O) groups excluding carboxylic acids is 1. The van der Waals surface area contributed by atoms with Crippen molar-refractivity contribution < 1.29 is 13.9 Å². The number of nitrogens with zero attached hydrogens (tertiary/aromatic N) is 4. The molecule has 1 aliphatic rings. The van der Waals surface area contributed by atoms with Crippen molar-refractivity contribution >= 4 is 11.6 Å². The van der Waals surface area contributed by atoms with Gasteiger partial charge in [-0.3, -0.25) is 9.48 Å². The molecule has 0 N–H and O–H groups in total. The van der Waals surface area contributed by atoms with Gasteiger partial charge in [0.15, 0.2) is 0 Å². The SMILES string of the molecule is CC(=O)N1c2c(F)cc(-c3cn(C)nn3)c(Oc3ccccc3)c2CCC1C. The number of benzene rings is 2. The maximum atomic E-state index is 15.2. The molecule has 1 amide bonds. The minimum Gasteiger partial charge on any atom is -0.456 e. The lowest BCUT2D eigenvalue weighted by Crippen LogP contribution is -2.41. The van der Waals surface area contributed by atoms with Crippen molar-refractivity contribution in [2.24, 2.45) is 7.05 Å². The molecule has 3 aromatic rings. The molecule has 4 rings (SSSR count). The van der Waals surface area contributed by atoms with Gasteiger partial charge in [0.05, 0.1) is 11.9 Å². The van der Waals surface area contributed by atoms with Crippen LogP contribution in [0.2, 0.25) is 0 Å². The predicted octanol–water partition coefficient (Wildman–Crippen LogP) is 4.10. The fraction of sp³-hybridized carbons (Fsp3) is 0.286. The van der Waals surface area contributed by atoms with Gasteiger partial charge in [0.1, 0.15) is 23.0 Å². The highest BCUT2D eigenvalue weighted by atomic mass is 19.1. The average molecular weight is 380 g/mol. The van der Waals surface area contributed by atoms with Gasteiger partial charge < -0.3 is 9.64 Å². The second kappa shape index (κ2) is 7.07. The van der Waals surface area contributed by atoms with E-state index >= 15 is 4.39 Å². The highest BCUT2D eigenvalue weighted by Crippen LogP contribution is 2.45. The largest absolute Gasteiger partial charge is 0.456 e. The van der Waals surface area contributed by atoms with Gasteiger partial charge in [-0.2, -0.15) is 0 Å². The lowest BCUT2D eigenvalue weighted by Gasteiger charge is -2.36. The van der Waals surface area contributed by atoms with Gasteiger partial charge in [-0.05, 0) is 38.0 Å². The molecule has 6 nitrogen and oxygen atoms in total. The number of hydrogen-bond donors (Lipinski definition) is 0. The number of rotatable bonds is 3. The molecule has 0 spiro atoms. The van der Waals surface area contributed by atoms with Crippen LogP contribution in [-0.4, -0.2) is 26.9 Å². The van der Waals surface area contributed by atoms with Crippen molar-refractivity contribution in [1.29, 1.82) is 0 Å². The Bertz CT molecular complexity index is 1030. The summed E-state index contributed by atoms with van der Waals surface area (Å²) in [5, 5.41) is 8.10. The topological polar surface area (TPSA) is 60.2 Å². The average Bonchev–Trinajstić information content (AvgIpc) is 3.10. The molecule has 0 saturated carbocycles. The van der Waals surface area contributed by atoms with Crippen molar-refractivity contribution in [3.05, 3.63) is 54.0 Å². The van der Waals surface area contributed by atoms with E-state index in [0.29, 0.717) is 40.4 Å². The second-order valence-corrected chi connectivity index (χ2v) is 7.03. The zero-order valence-electron chi connectivity index (χ0n) is 16.0. The number of amides is 1. The van der Waals surface area contributed by atoms with Crippen LogP contribution in [0.3, 0.4) is 0 Å². The van der Waals surface area contributed by atoms with Crippen LogP contribution < -0.4 is 9.64 Å². The molecule has 1 atom stereocenters. The maximum absolute atomic E-state index is 15.2. The first-order valence-corrected chi connectivity index (χ1v) is 9.20. The summed E-state index contributed by atoms with van der Waals surface area (Å²) in [6.45, 7) is 3.39. The molecule has 0 radical (unpaired) electrons. The number of fused-ring (bicyclic) bond motifs is 1. The number of carbonyl (C=O) groups is 1. The van der Waals surface area contributed by atoms with Gasteiger partial charge in [-0.15, -0.1) is 5.10 Å². The minimum absolute atomic E-state index is 0.0774. The lowest BCUT2D eigenvalue weighted by molar-refractivity contribution is -0.117. The first-order valence-electron chi connectivity index (χ1n) is 9.20. The highest BCUT2D eigenvalue weighted by Gasteiger charge is 2.33. The molecular formula is C21H21FN4O2. The van der Waals surface area contributed by atoms with Crippen molar-refractivity contribution in [2.45, 2.75) is 32.7 Å². The summed E-state index contributed by atoms with van der Waals surface area (Å²) in [4.78, 5) is 13.8. The Morgan fingerprint density at radius 1 is 1.29 bits per heavy atom. The third kappa shape index (κ3) is 3.13. The normalized spacial score (nSPS) is 16.0. The van der Waals surface area contributed by atoms with Crippen molar-refractivity contribution in [3.8, 4) is 22.8 Å². The van der Waals surface area contributed by atoms with Gasteiger partial charge >= 0.3 is 0 Å². The maximum Gasteiger partial charge on any atom is 0.224 e. The molecule has 0 bridgehead atoms. The van der Waals surface area contributed by atoms with Crippen molar-refractivity contribution in [1.82, 2.24) is 15.0 Å². The molecule has 7 heteroatoms. The molecule has 2 aromatic carbocycles. The van der Waals surface area contributed by atoms with E-state index in [1.54, 1.807) is 17.9 Å². The van der Waals surface area contributed by atoms with Gasteiger partial charge in [-0.25, -0.2) is 4.39 Å². The van der Waals surface area contributed by atoms with Crippen molar-refractivity contribution in [2.75, 3.05) is 4.90 Å². The van der Waals surface area contributed by atoms with Crippen LogP contribution in [-0.2, 0) is 18.3 Å². The van der Waals surface area contributed by atoms with Crippen LogP contribution in [0.15, 0.2) is 42.6 Å². The molecule has 144 valence electrons. The smallest absolute Gasteiger partial charge is 0.224 e. The number of hydrogen-bond acceptors (Lipinski definition) is 4. The fourth-order valence-electron chi connectivity index (χ4n) is 3.72. The van der Waals surface area contributed by atoms with Crippen LogP contribution >= 0.6 is 0 Å². The van der Waals surface area contributed by atoms with Crippen LogP contribution in [0.5, 0.6) is 11.5 Å². The Balaban J connectivity index is 1.95. The zero-order chi connectivity index (χ0) is 19.8. The van der Waals surface area contributed by atoms with Gasteiger partial charge in [0.2, 0.25) is 5.91 Å². The van der Waals surface area contributed by atoms with Gasteiger partial charge in [0.25, 0.3) is 0 Å². The van der Waals surface area contributed by atoms with E-state index in [-0.39, 0.29) is 11.9 Å². The van der Waals surface area contributed by atoms with E-state index in [4.69, 9.17) is 4.74 Å². The zero-order valence-corrected chi connectivity index (χ0v) is 16.0. The van der Waals surface area contributed by atoms with E-state index < -0.39 is 5.82 Å². The molecule has 1 unspecified atom stereocenters. The third-order valence-corrected chi connectivity index (χ3v) is 4.98. The number of para-hydroxylation sites is 1. The first-order chi connectivity index (χ1) is 13.5. The van der Waals surface area contributed by atoms with Crippen LogP contribution in [0, 0.1) is 5.82 Å². The second-order valence-electron chi connectivity index (χ2n) is 7.03. The summed E-state index contributed by atoms with van der Waals surface area (Å²) in [6.07, 6.45) is 3.04. The molecule has 0 fully saturated rings. The van der Waals surface area contributed by atoms with Crippen LogP contribution in [0.1, 0.15) is 25.8 Å². The van der Waals surface area contributed by atoms with E-state index in [1.807, 2.05) is 37.3 Å². The summed E-state index contributed by atoms with van der Waals surface area (Å²) in [5.74, 6) is 0.499. The number of halogens is 1. The van der Waals surface area contributed by atoms with Gasteiger partial charge in [0, 0.05) is 31.1 Å². The predicted molar refractivity (Wildman–Crippen MR) is 104 cm³/mol. The Labute approximate surface area is 162 Å². The van der Waals surface area contributed by atoms with Crippen LogP contribution in [0.25, 0.3) is 11.3 Å². The fourth-order valence-corrected chi connectivity index (χ4v) is 3.72. The molecular weight excluding hydrogens is 359 g/mol. The lowest BCUT2D eigenvalue weighted by atomic mass is 9.92. The van der Waals surface area contributed by atoms with E-state index in [0.717, 1.165) is 6.42 Å². The minimum atomic E-state index is -0.460. The third-order valence-electron chi connectivity index (χ3n) is 4.98. The Kier molecular flexibility index (Phi) is 4.58. The number of aryl methyl sites for hydroxylation is 1. The van der Waals surface area contributed by atoms with Crippen molar-refractivity contribution in [3.63, 3.8) is 0 Å². The Hall–Kier alpha value is -3.22. The van der Waals surface area contributed by atoms with Crippen LogP contribution in [0.4, 0.5) is 10.1 Å². The Morgan fingerprint density at radius 2 is 2.04 bits per heavy atom. The summed E-state index contributed by atoms with van der Waals surface area (Å²) in [7, 11) is 1.75. The standard InChI is InChI=1S/C21H21FN4O2/c1-13-9-10-16-20(26(13)14(2)27)18(22)11-17(19-12-25(3)24-23-19)21(16)28-15-7-5-4-6-8-15/h4-8,11-13H,9-10H2,1-3H3. The number of anilines is 1. The first kappa shape index (κ1) is 18.2. The molecule has 1 aliphatic heterocycles. The molecule has 28 heavy (non-hydrogen) atoms. The quantitative estimate of drug-likeness (QED) is 0.686. The van der Waals surface area contributed by atoms with E-state index in [9.17, 15) is 4.79 Å². The highest BCUT2D eigenvalue weighted by molar-refractivity contribution is 5.95. The molecule has 2 heterocycles. The summed E-state index contributed by atoms with van der Waals surface area (Å²) in [5.41, 5.74) is 2.01. The number of aromatic nitrogens is 3. The summed E-state index contributed by atoms with van der Waals surface area (Å²) < 4.78 is 23.0. The summed E-state index contributed by atoms with van der Waals surface area (Å²) >= 11 is 0. The number of ether oxygens (including phenoxy) is 1. The molecule has 0 saturated heterocycles. The van der Waals surface area contributed by atoms with Gasteiger partial charge in [-0.1, -0.05) is 23.4 Å². The summed E-state index contributed by atoms with van der Waals surface area (Å²) in [6, 6.07) is 10.6. The van der Waals surface area contributed by atoms with E-state index in [2.05, 4.69) is 10.3 Å². The monoisotopic (exact) mass is 380 g/mol. The molecule has 1 aromatic heterocycles. The molecule has 0 aliphatic carbocycles.